The monoisotopic (exact) mass is 321 g/mol. The lowest BCUT2D eigenvalue weighted by molar-refractivity contribution is 0.373. The predicted molar refractivity (Wildman–Crippen MR) is 68.4 cm³/mol. The maximum Gasteiger partial charge on any atom is 0.243 e. The first-order chi connectivity index (χ1) is 8.09. The zero-order chi connectivity index (χ0) is 12.3. The average molecular weight is 322 g/mol. The lowest BCUT2D eigenvalue weighted by Gasteiger charge is -2.27. The van der Waals surface area contributed by atoms with Crippen LogP contribution in [0.3, 0.4) is 0 Å². The summed E-state index contributed by atoms with van der Waals surface area (Å²) in [6.07, 6.45) is 7.30. The molecule has 0 radical (unpaired) electrons. The fourth-order valence-corrected chi connectivity index (χ4v) is 3.85. The summed E-state index contributed by atoms with van der Waals surface area (Å²) in [6.45, 7) is 0.490. The molecular formula is C10H16BrN3O2S. The molecule has 2 N–H and O–H groups in total. The molecule has 2 atom stereocenters. The van der Waals surface area contributed by atoms with E-state index in [2.05, 4.69) is 30.8 Å². The van der Waals surface area contributed by atoms with Crippen LogP contribution in [-0.2, 0) is 10.0 Å². The Morgan fingerprint density at radius 1 is 1.47 bits per heavy atom. The van der Waals surface area contributed by atoms with E-state index in [1.54, 1.807) is 0 Å². The molecule has 0 amide bonds. The molecule has 1 heterocycles. The highest BCUT2D eigenvalue weighted by Crippen LogP contribution is 2.29. The van der Waals surface area contributed by atoms with Gasteiger partial charge in [-0.05, 0) is 18.8 Å². The number of aromatic nitrogens is 2. The number of hydrogen-bond donors (Lipinski definition) is 2. The number of rotatable bonds is 4. The molecule has 1 aliphatic rings. The summed E-state index contributed by atoms with van der Waals surface area (Å²) in [5.74, 6) is 0.380. The number of H-pyrrole nitrogens is 1. The van der Waals surface area contributed by atoms with E-state index < -0.39 is 10.0 Å². The maximum atomic E-state index is 11.9. The minimum atomic E-state index is -3.40. The van der Waals surface area contributed by atoms with E-state index >= 15 is 0 Å². The fourth-order valence-electron chi connectivity index (χ4n) is 2.08. The molecule has 5 nitrogen and oxygen atoms in total. The minimum absolute atomic E-state index is 0.194. The normalized spacial score (nSPS) is 25.9. The SMILES string of the molecule is O=S(=O)(NCC1CCCCC1Br)c1cn[nH]c1. The highest BCUT2D eigenvalue weighted by Gasteiger charge is 2.25. The Balaban J connectivity index is 1.93. The number of sulfonamides is 1. The van der Waals surface area contributed by atoms with Crippen LogP contribution in [-0.4, -0.2) is 30.0 Å². The van der Waals surface area contributed by atoms with Crippen LogP contribution in [0, 0.1) is 5.92 Å². The lowest BCUT2D eigenvalue weighted by Crippen LogP contribution is -2.34. The Morgan fingerprint density at radius 2 is 2.24 bits per heavy atom. The van der Waals surface area contributed by atoms with Gasteiger partial charge in [0, 0.05) is 17.6 Å². The number of aromatic amines is 1. The molecule has 96 valence electrons. The molecular weight excluding hydrogens is 306 g/mol. The van der Waals surface area contributed by atoms with Gasteiger partial charge in [-0.15, -0.1) is 0 Å². The third-order valence-electron chi connectivity index (χ3n) is 3.14. The third kappa shape index (κ3) is 3.29. The number of alkyl halides is 1. The summed E-state index contributed by atoms with van der Waals surface area (Å²) >= 11 is 3.62. The van der Waals surface area contributed by atoms with Crippen LogP contribution >= 0.6 is 15.9 Å². The molecule has 0 aliphatic heterocycles. The van der Waals surface area contributed by atoms with Crippen LogP contribution in [0.5, 0.6) is 0 Å². The van der Waals surface area contributed by atoms with Crippen molar-refractivity contribution >= 4 is 26.0 Å². The van der Waals surface area contributed by atoms with Crippen LogP contribution < -0.4 is 4.72 Å². The van der Waals surface area contributed by atoms with Gasteiger partial charge < -0.3 is 0 Å². The lowest BCUT2D eigenvalue weighted by atomic mass is 9.89. The molecule has 2 unspecified atom stereocenters. The van der Waals surface area contributed by atoms with Crippen molar-refractivity contribution in [2.45, 2.75) is 35.4 Å². The second-order valence-electron chi connectivity index (χ2n) is 4.35. The Kier molecular flexibility index (Phi) is 4.22. The molecule has 0 saturated heterocycles. The van der Waals surface area contributed by atoms with Crippen LogP contribution in [0.4, 0.5) is 0 Å². The number of halogens is 1. The van der Waals surface area contributed by atoms with Gasteiger partial charge in [-0.2, -0.15) is 5.10 Å². The Labute approximate surface area is 110 Å². The Morgan fingerprint density at radius 3 is 2.88 bits per heavy atom. The molecule has 7 heteroatoms. The molecule has 1 aromatic rings. The largest absolute Gasteiger partial charge is 0.284 e. The fraction of sp³-hybridized carbons (Fsp3) is 0.700. The van der Waals surface area contributed by atoms with Crippen LogP contribution in [0.25, 0.3) is 0 Å². The molecule has 1 saturated carbocycles. The van der Waals surface area contributed by atoms with Crippen molar-refractivity contribution in [3.05, 3.63) is 12.4 Å². The van der Waals surface area contributed by atoms with Gasteiger partial charge in [-0.1, -0.05) is 28.8 Å². The van der Waals surface area contributed by atoms with E-state index in [0.717, 1.165) is 12.8 Å². The summed E-state index contributed by atoms with van der Waals surface area (Å²) in [5, 5.41) is 6.15. The number of nitrogens with zero attached hydrogens (tertiary/aromatic N) is 1. The van der Waals surface area contributed by atoms with Crippen molar-refractivity contribution < 1.29 is 8.42 Å². The van der Waals surface area contributed by atoms with Gasteiger partial charge in [-0.3, -0.25) is 5.10 Å². The second-order valence-corrected chi connectivity index (χ2v) is 7.29. The van der Waals surface area contributed by atoms with E-state index in [1.165, 1.54) is 25.2 Å². The van der Waals surface area contributed by atoms with Gasteiger partial charge in [0.1, 0.15) is 4.90 Å². The Bertz CT molecular complexity index is 446. The maximum absolute atomic E-state index is 11.9. The van der Waals surface area contributed by atoms with Crippen molar-refractivity contribution in [2.75, 3.05) is 6.54 Å². The molecule has 1 fully saturated rings. The number of hydrogen-bond acceptors (Lipinski definition) is 3. The third-order valence-corrected chi connectivity index (χ3v) is 5.73. The van der Waals surface area contributed by atoms with Crippen molar-refractivity contribution in [1.82, 2.24) is 14.9 Å². The highest BCUT2D eigenvalue weighted by molar-refractivity contribution is 9.09. The van der Waals surface area contributed by atoms with Crippen molar-refractivity contribution in [3.8, 4) is 0 Å². The topological polar surface area (TPSA) is 74.8 Å². The summed E-state index contributed by atoms with van der Waals surface area (Å²) in [4.78, 5) is 0.614. The molecule has 0 bridgehead atoms. The van der Waals surface area contributed by atoms with Gasteiger partial charge in [-0.25, -0.2) is 13.1 Å². The number of nitrogens with one attached hydrogen (secondary N) is 2. The molecule has 1 aliphatic carbocycles. The van der Waals surface area contributed by atoms with Crippen molar-refractivity contribution in [1.29, 1.82) is 0 Å². The predicted octanol–water partition coefficient (Wildman–Crippen LogP) is 1.64. The van der Waals surface area contributed by atoms with Gasteiger partial charge >= 0.3 is 0 Å². The second kappa shape index (κ2) is 5.49. The zero-order valence-electron chi connectivity index (χ0n) is 9.39. The summed E-state index contributed by atoms with van der Waals surface area (Å²) in [5.41, 5.74) is 0. The summed E-state index contributed by atoms with van der Waals surface area (Å²) < 4.78 is 26.4. The highest BCUT2D eigenvalue weighted by atomic mass is 79.9. The molecule has 17 heavy (non-hydrogen) atoms. The summed E-state index contributed by atoms with van der Waals surface area (Å²) in [7, 11) is -3.40. The molecule has 0 aromatic carbocycles. The van der Waals surface area contributed by atoms with Crippen molar-refractivity contribution in [2.24, 2.45) is 5.92 Å². The van der Waals surface area contributed by atoms with Gasteiger partial charge in [0.2, 0.25) is 10.0 Å². The average Bonchev–Trinajstić information content (AvgIpc) is 2.82. The summed E-state index contributed by atoms with van der Waals surface area (Å²) in [6, 6.07) is 0. The quantitative estimate of drug-likeness (QED) is 0.828. The standard InChI is InChI=1S/C10H16BrN3O2S/c11-10-4-2-1-3-8(10)5-14-17(15,16)9-6-12-13-7-9/h6-8,10,14H,1-5H2,(H,12,13). The van der Waals surface area contributed by atoms with E-state index in [0.29, 0.717) is 17.3 Å². The first-order valence-electron chi connectivity index (χ1n) is 5.72. The molecule has 1 aromatic heterocycles. The Hall–Kier alpha value is -0.400. The van der Waals surface area contributed by atoms with Gasteiger partial charge in [0.15, 0.2) is 0 Å². The van der Waals surface area contributed by atoms with Crippen LogP contribution in [0.2, 0.25) is 0 Å². The van der Waals surface area contributed by atoms with E-state index in [9.17, 15) is 8.42 Å². The molecule has 0 spiro atoms. The van der Waals surface area contributed by atoms with Gasteiger partial charge in [0.05, 0.1) is 6.20 Å². The van der Waals surface area contributed by atoms with E-state index in [-0.39, 0.29) is 4.90 Å². The van der Waals surface area contributed by atoms with E-state index in [1.807, 2.05) is 0 Å². The smallest absolute Gasteiger partial charge is 0.243 e. The first-order valence-corrected chi connectivity index (χ1v) is 8.12. The molecule has 2 rings (SSSR count). The van der Waals surface area contributed by atoms with E-state index in [4.69, 9.17) is 0 Å². The van der Waals surface area contributed by atoms with Gasteiger partial charge in [0.25, 0.3) is 0 Å². The van der Waals surface area contributed by atoms with Crippen molar-refractivity contribution in [3.63, 3.8) is 0 Å². The zero-order valence-corrected chi connectivity index (χ0v) is 11.8. The minimum Gasteiger partial charge on any atom is -0.284 e. The van der Waals surface area contributed by atoms with Crippen LogP contribution in [0.15, 0.2) is 17.3 Å². The first kappa shape index (κ1) is 13.0. The van der Waals surface area contributed by atoms with Crippen LogP contribution in [0.1, 0.15) is 25.7 Å².